The normalized spacial score (nSPS) is 12.0. The molecule has 0 heterocycles. The molecular formula is C24H31N3O5S2. The summed E-state index contributed by atoms with van der Waals surface area (Å²) < 4.78 is 32.4. The van der Waals surface area contributed by atoms with Gasteiger partial charge in [-0.25, -0.2) is 17.9 Å². The zero-order chi connectivity index (χ0) is 25.1. The van der Waals surface area contributed by atoms with Gasteiger partial charge < -0.3 is 10.1 Å². The Labute approximate surface area is 206 Å². The Balaban J connectivity index is 1.85. The molecule has 2 aromatic rings. The van der Waals surface area contributed by atoms with Crippen molar-refractivity contribution in [2.24, 2.45) is 0 Å². The van der Waals surface area contributed by atoms with Gasteiger partial charge in [-0.3, -0.25) is 10.1 Å². The van der Waals surface area contributed by atoms with Crippen molar-refractivity contribution in [3.63, 3.8) is 0 Å². The van der Waals surface area contributed by atoms with Crippen LogP contribution in [0, 0.1) is 13.8 Å². The first-order valence-electron chi connectivity index (χ1n) is 11.0. The number of thiocarbonyl (C=S) groups is 1. The Bertz CT molecular complexity index is 1080. The van der Waals surface area contributed by atoms with Gasteiger partial charge in [0, 0.05) is 12.1 Å². The molecule has 0 spiro atoms. The van der Waals surface area contributed by atoms with Crippen LogP contribution in [0.3, 0.4) is 0 Å². The van der Waals surface area contributed by atoms with Gasteiger partial charge in [-0.15, -0.1) is 0 Å². The van der Waals surface area contributed by atoms with Gasteiger partial charge in [-0.2, -0.15) is 0 Å². The van der Waals surface area contributed by atoms with Gasteiger partial charge in [0.25, 0.3) is 5.91 Å². The summed E-state index contributed by atoms with van der Waals surface area (Å²) in [6.07, 6.45) is 1.39. The topological polar surface area (TPSA) is 114 Å². The van der Waals surface area contributed by atoms with E-state index in [1.54, 1.807) is 43.3 Å². The molecule has 10 heteroatoms. The Morgan fingerprint density at radius 2 is 1.56 bits per heavy atom. The molecule has 1 unspecified atom stereocenters. The fourth-order valence-corrected chi connectivity index (χ4v) is 4.36. The minimum atomic E-state index is -3.59. The van der Waals surface area contributed by atoms with Crippen molar-refractivity contribution in [2.45, 2.75) is 51.0 Å². The van der Waals surface area contributed by atoms with Crippen LogP contribution in [0.2, 0.25) is 0 Å². The highest BCUT2D eigenvalue weighted by Gasteiger charge is 2.21. The molecule has 0 aliphatic carbocycles. The molecule has 2 aromatic carbocycles. The molecule has 0 radical (unpaired) electrons. The molecule has 0 saturated carbocycles. The van der Waals surface area contributed by atoms with E-state index in [1.807, 2.05) is 26.0 Å². The second-order valence-electron chi connectivity index (χ2n) is 7.80. The summed E-state index contributed by atoms with van der Waals surface area (Å²) in [5, 5.41) is 5.42. The number of hydrogen-bond acceptors (Lipinski definition) is 6. The van der Waals surface area contributed by atoms with E-state index in [0.29, 0.717) is 24.8 Å². The van der Waals surface area contributed by atoms with E-state index < -0.39 is 22.0 Å². The van der Waals surface area contributed by atoms with E-state index in [4.69, 9.17) is 17.0 Å². The molecule has 8 nitrogen and oxygen atoms in total. The maximum Gasteiger partial charge on any atom is 0.328 e. The van der Waals surface area contributed by atoms with Gasteiger partial charge in [-0.1, -0.05) is 35.4 Å². The summed E-state index contributed by atoms with van der Waals surface area (Å²) in [5.74, 6) is -0.875. The van der Waals surface area contributed by atoms with E-state index in [9.17, 15) is 18.0 Å². The van der Waals surface area contributed by atoms with Crippen LogP contribution in [-0.4, -0.2) is 44.6 Å². The lowest BCUT2D eigenvalue weighted by molar-refractivity contribution is -0.145. The van der Waals surface area contributed by atoms with Crippen molar-refractivity contribution in [1.82, 2.24) is 15.4 Å². The standard InChI is InChI=1S/C24H31N3O5S2/c1-4-32-23(29)21(26-24(33)27-22(28)19-12-8-17(2)9-13-19)7-5-6-16-25-34(30,31)20-14-10-18(3)11-15-20/h8-15,21,25H,4-7,16H2,1-3H3,(H2,26,27,28,33). The lowest BCUT2D eigenvalue weighted by atomic mass is 10.1. The zero-order valence-corrected chi connectivity index (χ0v) is 21.2. The third kappa shape index (κ3) is 8.85. The van der Waals surface area contributed by atoms with E-state index in [-0.39, 0.29) is 29.1 Å². The van der Waals surface area contributed by atoms with Crippen molar-refractivity contribution in [2.75, 3.05) is 13.2 Å². The van der Waals surface area contributed by atoms with Crippen molar-refractivity contribution < 1.29 is 22.7 Å². The zero-order valence-electron chi connectivity index (χ0n) is 19.6. The van der Waals surface area contributed by atoms with Crippen molar-refractivity contribution in [3.05, 3.63) is 65.2 Å². The van der Waals surface area contributed by atoms with Crippen molar-refractivity contribution in [3.8, 4) is 0 Å². The molecule has 0 bridgehead atoms. The number of hydrogen-bond donors (Lipinski definition) is 3. The van der Waals surface area contributed by atoms with Gasteiger partial charge >= 0.3 is 5.97 Å². The highest BCUT2D eigenvalue weighted by Crippen LogP contribution is 2.10. The second kappa shape index (κ2) is 13.2. The van der Waals surface area contributed by atoms with E-state index in [2.05, 4.69) is 15.4 Å². The molecule has 0 aliphatic heterocycles. The van der Waals surface area contributed by atoms with Crippen LogP contribution in [0.15, 0.2) is 53.4 Å². The third-order valence-electron chi connectivity index (χ3n) is 4.96. The van der Waals surface area contributed by atoms with E-state index in [1.165, 1.54) is 0 Å². The summed E-state index contributed by atoms with van der Waals surface area (Å²) in [4.78, 5) is 24.9. The second-order valence-corrected chi connectivity index (χ2v) is 9.98. The Morgan fingerprint density at radius 1 is 0.971 bits per heavy atom. The van der Waals surface area contributed by atoms with E-state index >= 15 is 0 Å². The molecule has 3 N–H and O–H groups in total. The first-order chi connectivity index (χ1) is 16.1. The summed E-state index contributed by atoms with van der Waals surface area (Å²) in [5.41, 5.74) is 2.45. The number of rotatable bonds is 11. The molecule has 34 heavy (non-hydrogen) atoms. The Kier molecular flexibility index (Phi) is 10.6. The smallest absolute Gasteiger partial charge is 0.328 e. The fourth-order valence-electron chi connectivity index (χ4n) is 3.05. The molecule has 0 saturated heterocycles. The maximum absolute atomic E-state index is 12.4. The molecule has 2 rings (SSSR count). The van der Waals surface area contributed by atoms with Crippen molar-refractivity contribution >= 4 is 39.2 Å². The molecule has 184 valence electrons. The average molecular weight is 506 g/mol. The highest BCUT2D eigenvalue weighted by molar-refractivity contribution is 7.89. The molecule has 1 amide bonds. The lowest BCUT2D eigenvalue weighted by Crippen LogP contribution is -2.48. The molecule has 0 aliphatic rings. The summed E-state index contributed by atoms with van der Waals surface area (Å²) in [6, 6.07) is 12.9. The predicted molar refractivity (Wildman–Crippen MR) is 135 cm³/mol. The lowest BCUT2D eigenvalue weighted by Gasteiger charge is -2.19. The maximum atomic E-state index is 12.4. The van der Waals surface area contributed by atoms with Gasteiger partial charge in [0.1, 0.15) is 6.04 Å². The number of ether oxygens (including phenoxy) is 1. The number of esters is 1. The third-order valence-corrected chi connectivity index (χ3v) is 6.66. The van der Waals surface area contributed by atoms with Gasteiger partial charge in [0.05, 0.1) is 11.5 Å². The summed E-state index contributed by atoms with van der Waals surface area (Å²) >= 11 is 5.21. The van der Waals surface area contributed by atoms with Crippen LogP contribution in [0.1, 0.15) is 47.7 Å². The molecule has 0 aromatic heterocycles. The van der Waals surface area contributed by atoms with Gasteiger partial charge in [-0.05, 0) is 76.5 Å². The molecule has 1 atom stereocenters. The largest absolute Gasteiger partial charge is 0.464 e. The summed E-state index contributed by atoms with van der Waals surface area (Å²) in [6.45, 7) is 5.94. The monoisotopic (exact) mass is 505 g/mol. The molecule has 0 fully saturated rings. The minimum absolute atomic E-state index is 0.0173. The number of unbranched alkanes of at least 4 members (excludes halogenated alkanes) is 1. The molecular weight excluding hydrogens is 474 g/mol. The van der Waals surface area contributed by atoms with Gasteiger partial charge in [0.2, 0.25) is 10.0 Å². The van der Waals surface area contributed by atoms with Crippen LogP contribution in [-0.2, 0) is 19.6 Å². The van der Waals surface area contributed by atoms with Crippen LogP contribution in [0.5, 0.6) is 0 Å². The van der Waals surface area contributed by atoms with Crippen molar-refractivity contribution in [1.29, 1.82) is 0 Å². The number of benzene rings is 2. The highest BCUT2D eigenvalue weighted by atomic mass is 32.2. The number of carbonyl (C=O) groups is 2. The minimum Gasteiger partial charge on any atom is -0.464 e. The summed E-state index contributed by atoms with van der Waals surface area (Å²) in [7, 11) is -3.59. The number of nitrogens with one attached hydrogen (secondary N) is 3. The van der Waals surface area contributed by atoms with Gasteiger partial charge in [0.15, 0.2) is 5.11 Å². The first-order valence-corrected chi connectivity index (χ1v) is 12.9. The van der Waals surface area contributed by atoms with Crippen LogP contribution in [0.25, 0.3) is 0 Å². The number of amides is 1. The quantitative estimate of drug-likeness (QED) is 0.244. The van der Waals surface area contributed by atoms with Crippen LogP contribution < -0.4 is 15.4 Å². The first kappa shape index (κ1) is 27.4. The number of sulfonamides is 1. The van der Waals surface area contributed by atoms with Crippen LogP contribution in [0.4, 0.5) is 0 Å². The SMILES string of the molecule is CCOC(=O)C(CCCCNS(=O)(=O)c1ccc(C)cc1)NC(=S)NC(=O)c1ccc(C)cc1. The Hall–Kier alpha value is -2.82. The Morgan fingerprint density at radius 3 is 2.15 bits per heavy atom. The van der Waals surface area contributed by atoms with E-state index in [0.717, 1.165) is 11.1 Å². The fraction of sp³-hybridized carbons (Fsp3) is 0.375. The van der Waals surface area contributed by atoms with Crippen LogP contribution >= 0.6 is 12.2 Å². The number of carbonyl (C=O) groups excluding carboxylic acids is 2. The number of aryl methyl sites for hydroxylation is 2. The predicted octanol–water partition coefficient (Wildman–Crippen LogP) is 2.99. The average Bonchev–Trinajstić information content (AvgIpc) is 2.78.